The molecule has 0 fully saturated rings. The molecule has 0 saturated carbocycles. The zero-order valence-corrected chi connectivity index (χ0v) is 14.2. The van der Waals surface area contributed by atoms with E-state index < -0.39 is 17.8 Å². The second-order valence-corrected chi connectivity index (χ2v) is 5.65. The second kappa shape index (κ2) is 7.77. The zero-order chi connectivity index (χ0) is 18.5. The number of aliphatic imine (C=N–C) groups is 1. The number of ether oxygens (including phenoxy) is 1. The zero-order valence-electron chi connectivity index (χ0n) is 14.2. The summed E-state index contributed by atoms with van der Waals surface area (Å²) in [5.74, 6) is -0.990. The van der Waals surface area contributed by atoms with Crippen molar-refractivity contribution in [2.24, 2.45) is 4.99 Å². The standard InChI is InChI=1S/C19H18FN3O3/c1-2-26-16-10-6-4-8-13(16)15-11-17(24)22-19(21-15)23-18(25)12-7-3-5-9-14(12)20/h3-10,15H,2,11H2,1H3,(H2,21,22,23,24,25)/t15-/m0/s1. The molecule has 0 spiro atoms. The summed E-state index contributed by atoms with van der Waals surface area (Å²) in [5.41, 5.74) is 0.628. The maximum atomic E-state index is 13.7. The van der Waals surface area contributed by atoms with Gasteiger partial charge >= 0.3 is 0 Å². The normalized spacial score (nSPS) is 16.5. The Balaban J connectivity index is 1.85. The van der Waals surface area contributed by atoms with Crippen LogP contribution < -0.4 is 15.4 Å². The summed E-state index contributed by atoms with van der Waals surface area (Å²) >= 11 is 0. The Labute approximate surface area is 150 Å². The number of hydrogen-bond acceptors (Lipinski definition) is 4. The van der Waals surface area contributed by atoms with E-state index in [9.17, 15) is 14.0 Å². The third-order valence-electron chi connectivity index (χ3n) is 3.85. The van der Waals surface area contributed by atoms with Gasteiger partial charge in [0, 0.05) is 5.56 Å². The number of rotatable bonds is 4. The van der Waals surface area contributed by atoms with Crippen LogP contribution in [0, 0.1) is 5.82 Å². The Hall–Kier alpha value is -3.22. The highest BCUT2D eigenvalue weighted by Crippen LogP contribution is 2.31. The number of carbonyl (C=O) groups excluding carboxylic acids is 2. The van der Waals surface area contributed by atoms with E-state index >= 15 is 0 Å². The van der Waals surface area contributed by atoms with Gasteiger partial charge in [-0.2, -0.15) is 0 Å². The lowest BCUT2D eigenvalue weighted by atomic mass is 10.0. The minimum Gasteiger partial charge on any atom is -0.494 e. The Morgan fingerprint density at radius 1 is 1.27 bits per heavy atom. The molecule has 1 aliphatic rings. The Bertz CT molecular complexity index is 867. The van der Waals surface area contributed by atoms with Crippen LogP contribution in [0.2, 0.25) is 0 Å². The molecular weight excluding hydrogens is 337 g/mol. The van der Waals surface area contributed by atoms with Crippen molar-refractivity contribution in [3.8, 4) is 5.75 Å². The first-order valence-corrected chi connectivity index (χ1v) is 8.23. The number of para-hydroxylation sites is 1. The van der Waals surface area contributed by atoms with Crippen molar-refractivity contribution >= 4 is 17.8 Å². The monoisotopic (exact) mass is 355 g/mol. The molecule has 1 heterocycles. The van der Waals surface area contributed by atoms with Gasteiger partial charge < -0.3 is 4.74 Å². The average Bonchev–Trinajstić information content (AvgIpc) is 2.62. The van der Waals surface area contributed by atoms with Crippen LogP contribution in [0.15, 0.2) is 53.5 Å². The molecule has 0 saturated heterocycles. The molecule has 2 aromatic rings. The Morgan fingerprint density at radius 3 is 2.77 bits per heavy atom. The summed E-state index contributed by atoms with van der Waals surface area (Å²) in [4.78, 5) is 28.7. The SMILES string of the molecule is CCOc1ccccc1[C@@H]1CC(=O)NC(NC(=O)c2ccccc2F)=N1. The van der Waals surface area contributed by atoms with E-state index in [1.54, 1.807) is 12.1 Å². The first kappa shape index (κ1) is 17.6. The van der Waals surface area contributed by atoms with Crippen LogP contribution >= 0.6 is 0 Å². The summed E-state index contributed by atoms with van der Waals surface area (Å²) < 4.78 is 19.3. The van der Waals surface area contributed by atoms with Gasteiger partial charge in [-0.15, -0.1) is 0 Å². The molecule has 26 heavy (non-hydrogen) atoms. The molecule has 1 atom stereocenters. The number of hydrogen-bond donors (Lipinski definition) is 2. The number of nitrogens with one attached hydrogen (secondary N) is 2. The van der Waals surface area contributed by atoms with Crippen LogP contribution in [-0.2, 0) is 4.79 Å². The van der Waals surface area contributed by atoms with E-state index in [1.807, 2.05) is 25.1 Å². The summed E-state index contributed by atoms with van der Waals surface area (Å²) in [6.45, 7) is 2.35. The molecule has 0 aliphatic carbocycles. The summed E-state index contributed by atoms with van der Waals surface area (Å²) in [7, 11) is 0. The quantitative estimate of drug-likeness (QED) is 0.885. The van der Waals surface area contributed by atoms with Gasteiger partial charge in [0.05, 0.1) is 24.6 Å². The number of nitrogens with zero attached hydrogens (tertiary/aromatic N) is 1. The smallest absolute Gasteiger partial charge is 0.260 e. The van der Waals surface area contributed by atoms with E-state index in [2.05, 4.69) is 15.6 Å². The molecular formula is C19H18FN3O3. The molecule has 0 radical (unpaired) electrons. The highest BCUT2D eigenvalue weighted by atomic mass is 19.1. The minimum absolute atomic E-state index is 0.00851. The fourth-order valence-corrected chi connectivity index (χ4v) is 2.70. The van der Waals surface area contributed by atoms with Gasteiger partial charge in [0.1, 0.15) is 11.6 Å². The molecule has 1 aliphatic heterocycles. The molecule has 0 bridgehead atoms. The number of amides is 2. The molecule has 3 rings (SSSR count). The van der Waals surface area contributed by atoms with E-state index in [4.69, 9.17) is 4.74 Å². The summed E-state index contributed by atoms with van der Waals surface area (Å²) in [6.07, 6.45) is 0.128. The van der Waals surface area contributed by atoms with Crippen LogP contribution in [-0.4, -0.2) is 24.4 Å². The molecule has 2 aromatic carbocycles. The van der Waals surface area contributed by atoms with E-state index in [1.165, 1.54) is 18.2 Å². The maximum Gasteiger partial charge on any atom is 0.260 e. The summed E-state index contributed by atoms with van der Waals surface area (Å²) in [5, 5.41) is 4.96. The highest BCUT2D eigenvalue weighted by Gasteiger charge is 2.26. The molecule has 0 aromatic heterocycles. The predicted molar refractivity (Wildman–Crippen MR) is 94.4 cm³/mol. The van der Waals surface area contributed by atoms with Crippen LogP contribution in [0.1, 0.15) is 35.3 Å². The van der Waals surface area contributed by atoms with Crippen LogP contribution in [0.3, 0.4) is 0 Å². The third-order valence-corrected chi connectivity index (χ3v) is 3.85. The largest absolute Gasteiger partial charge is 0.494 e. The lowest BCUT2D eigenvalue weighted by Crippen LogP contribution is -2.47. The molecule has 0 unspecified atom stereocenters. The molecule has 2 N–H and O–H groups in total. The topological polar surface area (TPSA) is 79.8 Å². The van der Waals surface area contributed by atoms with Gasteiger partial charge in [-0.1, -0.05) is 30.3 Å². The van der Waals surface area contributed by atoms with Crippen molar-refractivity contribution in [3.05, 3.63) is 65.5 Å². The lowest BCUT2D eigenvalue weighted by molar-refractivity contribution is -0.120. The number of carbonyl (C=O) groups is 2. The fourth-order valence-electron chi connectivity index (χ4n) is 2.70. The minimum atomic E-state index is -0.680. The third kappa shape index (κ3) is 3.88. The number of guanidine groups is 1. The van der Waals surface area contributed by atoms with Gasteiger partial charge in [0.25, 0.3) is 5.91 Å². The van der Waals surface area contributed by atoms with Crippen molar-refractivity contribution in [2.75, 3.05) is 6.61 Å². The summed E-state index contributed by atoms with van der Waals surface area (Å²) in [6, 6.07) is 12.4. The Kier molecular flexibility index (Phi) is 5.26. The van der Waals surface area contributed by atoms with Crippen molar-refractivity contribution in [1.29, 1.82) is 0 Å². The van der Waals surface area contributed by atoms with E-state index in [-0.39, 0.29) is 23.9 Å². The van der Waals surface area contributed by atoms with Crippen molar-refractivity contribution in [3.63, 3.8) is 0 Å². The van der Waals surface area contributed by atoms with Crippen molar-refractivity contribution in [1.82, 2.24) is 10.6 Å². The van der Waals surface area contributed by atoms with Crippen LogP contribution in [0.25, 0.3) is 0 Å². The van der Waals surface area contributed by atoms with E-state index in [0.717, 1.165) is 5.56 Å². The first-order chi connectivity index (χ1) is 12.6. The number of halogens is 1. The van der Waals surface area contributed by atoms with E-state index in [0.29, 0.717) is 12.4 Å². The highest BCUT2D eigenvalue weighted by molar-refractivity contribution is 6.10. The van der Waals surface area contributed by atoms with Crippen molar-refractivity contribution < 1.29 is 18.7 Å². The van der Waals surface area contributed by atoms with Gasteiger partial charge in [-0.25, -0.2) is 9.38 Å². The van der Waals surface area contributed by atoms with Crippen LogP contribution in [0.5, 0.6) is 5.75 Å². The number of benzene rings is 2. The molecule has 2 amide bonds. The maximum absolute atomic E-state index is 13.7. The first-order valence-electron chi connectivity index (χ1n) is 8.23. The van der Waals surface area contributed by atoms with Gasteiger partial charge in [0.15, 0.2) is 0 Å². The van der Waals surface area contributed by atoms with Crippen LogP contribution in [0.4, 0.5) is 4.39 Å². The van der Waals surface area contributed by atoms with Gasteiger partial charge in [-0.3, -0.25) is 20.2 Å². The average molecular weight is 355 g/mol. The fraction of sp³-hybridized carbons (Fsp3) is 0.211. The van der Waals surface area contributed by atoms with Gasteiger partial charge in [-0.05, 0) is 25.1 Å². The Morgan fingerprint density at radius 2 is 2.00 bits per heavy atom. The second-order valence-electron chi connectivity index (χ2n) is 5.65. The predicted octanol–water partition coefficient (Wildman–Crippen LogP) is 2.57. The lowest BCUT2D eigenvalue weighted by Gasteiger charge is -2.23. The van der Waals surface area contributed by atoms with Gasteiger partial charge in [0.2, 0.25) is 11.9 Å². The molecule has 134 valence electrons. The van der Waals surface area contributed by atoms with Crippen molar-refractivity contribution in [2.45, 2.75) is 19.4 Å². The molecule has 6 nitrogen and oxygen atoms in total. The molecule has 7 heteroatoms.